The third-order valence-electron chi connectivity index (χ3n) is 3.95. The van der Waals surface area contributed by atoms with Crippen molar-refractivity contribution >= 4 is 11.0 Å². The van der Waals surface area contributed by atoms with Crippen molar-refractivity contribution in [2.75, 3.05) is 0 Å². The first-order valence-corrected chi connectivity index (χ1v) is 7.06. The topological polar surface area (TPSA) is 29.9 Å². The molecule has 0 atom stereocenters. The molecule has 3 heteroatoms. The van der Waals surface area contributed by atoms with E-state index in [4.69, 9.17) is 4.98 Å². The van der Waals surface area contributed by atoms with Crippen LogP contribution < -0.4 is 5.32 Å². The van der Waals surface area contributed by atoms with Gasteiger partial charge in [0.25, 0.3) is 0 Å². The van der Waals surface area contributed by atoms with Crippen molar-refractivity contribution < 1.29 is 0 Å². The van der Waals surface area contributed by atoms with Gasteiger partial charge in [-0.05, 0) is 31.9 Å². The monoisotopic (exact) mass is 243 g/mol. The molecule has 0 saturated heterocycles. The number of nitrogens with zero attached hydrogens (tertiary/aromatic N) is 2. The van der Waals surface area contributed by atoms with E-state index in [1.54, 1.807) is 0 Å². The summed E-state index contributed by atoms with van der Waals surface area (Å²) < 4.78 is 2.32. The minimum absolute atomic E-state index is 0.704. The number of fused-ring (bicyclic) bond motifs is 1. The van der Waals surface area contributed by atoms with Crippen molar-refractivity contribution in [1.29, 1.82) is 0 Å². The molecule has 18 heavy (non-hydrogen) atoms. The molecule has 96 valence electrons. The summed E-state index contributed by atoms with van der Waals surface area (Å²) in [5.41, 5.74) is 2.37. The van der Waals surface area contributed by atoms with Crippen molar-refractivity contribution in [3.63, 3.8) is 0 Å². The van der Waals surface area contributed by atoms with Gasteiger partial charge in [0.2, 0.25) is 0 Å². The van der Waals surface area contributed by atoms with Gasteiger partial charge in [0.15, 0.2) is 0 Å². The number of aromatic nitrogens is 2. The number of nitrogens with one attached hydrogen (secondary N) is 1. The van der Waals surface area contributed by atoms with Gasteiger partial charge in [-0.15, -0.1) is 0 Å². The average Bonchev–Trinajstić information content (AvgIpc) is 3.03. The fourth-order valence-electron chi connectivity index (χ4n) is 2.98. The van der Waals surface area contributed by atoms with Gasteiger partial charge in [-0.2, -0.15) is 0 Å². The van der Waals surface area contributed by atoms with Gasteiger partial charge in [-0.25, -0.2) is 4.98 Å². The summed E-state index contributed by atoms with van der Waals surface area (Å²) in [6, 6.07) is 9.11. The van der Waals surface area contributed by atoms with E-state index in [0.717, 1.165) is 18.6 Å². The van der Waals surface area contributed by atoms with Gasteiger partial charge in [0.05, 0.1) is 17.6 Å². The predicted molar refractivity (Wildman–Crippen MR) is 74.5 cm³/mol. The van der Waals surface area contributed by atoms with Crippen molar-refractivity contribution in [2.24, 2.45) is 0 Å². The number of hydrogen-bond donors (Lipinski definition) is 1. The number of para-hydroxylation sites is 2. The van der Waals surface area contributed by atoms with Crippen LogP contribution in [0.5, 0.6) is 0 Å². The molecule has 3 rings (SSSR count). The lowest BCUT2D eigenvalue weighted by molar-refractivity contribution is 0.504. The smallest absolute Gasteiger partial charge is 0.123 e. The van der Waals surface area contributed by atoms with Gasteiger partial charge in [0, 0.05) is 12.6 Å². The van der Waals surface area contributed by atoms with Crippen LogP contribution in [0.2, 0.25) is 0 Å². The van der Waals surface area contributed by atoms with Crippen LogP contribution in [0, 0.1) is 0 Å². The third kappa shape index (κ3) is 2.15. The quantitative estimate of drug-likeness (QED) is 0.894. The first-order valence-electron chi connectivity index (χ1n) is 7.06. The van der Waals surface area contributed by atoms with Crippen molar-refractivity contribution in [3.05, 3.63) is 30.1 Å². The third-order valence-corrected chi connectivity index (χ3v) is 3.95. The van der Waals surface area contributed by atoms with Crippen molar-refractivity contribution in [1.82, 2.24) is 14.9 Å². The Morgan fingerprint density at radius 1 is 1.28 bits per heavy atom. The average molecular weight is 243 g/mol. The highest BCUT2D eigenvalue weighted by molar-refractivity contribution is 5.75. The van der Waals surface area contributed by atoms with Gasteiger partial charge >= 0.3 is 0 Å². The molecule has 0 unspecified atom stereocenters. The van der Waals surface area contributed by atoms with Gasteiger partial charge in [-0.1, -0.05) is 25.0 Å². The zero-order valence-corrected chi connectivity index (χ0v) is 11.0. The molecule has 2 aromatic rings. The van der Waals surface area contributed by atoms with E-state index in [1.807, 2.05) is 0 Å². The summed E-state index contributed by atoms with van der Waals surface area (Å²) >= 11 is 0. The number of imidazole rings is 1. The maximum atomic E-state index is 4.74. The van der Waals surface area contributed by atoms with Gasteiger partial charge in [-0.3, -0.25) is 0 Å². The SMILES string of the molecule is CCn1c(CNC2CCCC2)nc2ccccc21. The number of hydrogen-bond acceptors (Lipinski definition) is 2. The van der Waals surface area contributed by atoms with E-state index in [-0.39, 0.29) is 0 Å². The molecule has 1 saturated carbocycles. The fraction of sp³-hybridized carbons (Fsp3) is 0.533. The molecule has 1 aliphatic rings. The van der Waals surface area contributed by atoms with Crippen LogP contribution >= 0.6 is 0 Å². The second-order valence-electron chi connectivity index (χ2n) is 5.12. The van der Waals surface area contributed by atoms with E-state index in [2.05, 4.69) is 41.1 Å². The summed E-state index contributed by atoms with van der Waals surface area (Å²) in [6.07, 6.45) is 5.41. The predicted octanol–water partition coefficient (Wildman–Crippen LogP) is 3.09. The van der Waals surface area contributed by atoms with Crippen LogP contribution in [0.15, 0.2) is 24.3 Å². The summed E-state index contributed by atoms with van der Waals surface area (Å²) in [6.45, 7) is 4.07. The lowest BCUT2D eigenvalue weighted by Crippen LogP contribution is -2.26. The first kappa shape index (κ1) is 11.7. The molecule has 1 aliphatic carbocycles. The molecule has 1 heterocycles. The Bertz CT molecular complexity index is 524. The summed E-state index contributed by atoms with van der Waals surface area (Å²) in [5.74, 6) is 1.17. The summed E-state index contributed by atoms with van der Waals surface area (Å²) in [4.78, 5) is 4.74. The molecule has 0 bridgehead atoms. The largest absolute Gasteiger partial charge is 0.327 e. The minimum Gasteiger partial charge on any atom is -0.327 e. The summed E-state index contributed by atoms with van der Waals surface area (Å²) in [5, 5.41) is 3.65. The molecule has 1 N–H and O–H groups in total. The Kier molecular flexibility index (Phi) is 3.33. The molecule has 1 fully saturated rings. The van der Waals surface area contributed by atoms with E-state index in [1.165, 1.54) is 37.0 Å². The van der Waals surface area contributed by atoms with Crippen LogP contribution in [0.4, 0.5) is 0 Å². The molecule has 1 aromatic heterocycles. The van der Waals surface area contributed by atoms with Gasteiger partial charge in [0.1, 0.15) is 5.82 Å². The number of benzene rings is 1. The van der Waals surface area contributed by atoms with E-state index in [9.17, 15) is 0 Å². The molecule has 0 amide bonds. The van der Waals surface area contributed by atoms with Crippen LogP contribution in [0.25, 0.3) is 11.0 Å². The molecule has 0 spiro atoms. The Morgan fingerprint density at radius 2 is 2.06 bits per heavy atom. The zero-order valence-electron chi connectivity index (χ0n) is 11.0. The lowest BCUT2D eigenvalue weighted by Gasteiger charge is -2.12. The Morgan fingerprint density at radius 3 is 2.83 bits per heavy atom. The second-order valence-corrected chi connectivity index (χ2v) is 5.12. The fourth-order valence-corrected chi connectivity index (χ4v) is 2.98. The van der Waals surface area contributed by atoms with Gasteiger partial charge < -0.3 is 9.88 Å². The maximum Gasteiger partial charge on any atom is 0.123 e. The highest BCUT2D eigenvalue weighted by atomic mass is 15.1. The maximum absolute atomic E-state index is 4.74. The van der Waals surface area contributed by atoms with E-state index < -0.39 is 0 Å². The standard InChI is InChI=1S/C15H21N3/c1-2-18-14-10-6-5-9-13(14)17-15(18)11-16-12-7-3-4-8-12/h5-6,9-10,12,16H,2-4,7-8,11H2,1H3. The molecule has 0 aliphatic heterocycles. The van der Waals surface area contributed by atoms with Crippen molar-refractivity contribution in [2.45, 2.75) is 51.7 Å². The Balaban J connectivity index is 1.81. The number of rotatable bonds is 4. The van der Waals surface area contributed by atoms with Crippen LogP contribution in [0.3, 0.4) is 0 Å². The molecule has 3 nitrogen and oxygen atoms in total. The van der Waals surface area contributed by atoms with Crippen LogP contribution in [-0.2, 0) is 13.1 Å². The Labute approximate surface area is 108 Å². The van der Waals surface area contributed by atoms with Crippen LogP contribution in [0.1, 0.15) is 38.4 Å². The molecule has 1 aromatic carbocycles. The Hall–Kier alpha value is -1.35. The first-order chi connectivity index (χ1) is 8.88. The minimum atomic E-state index is 0.704. The lowest BCUT2D eigenvalue weighted by atomic mass is 10.2. The van der Waals surface area contributed by atoms with E-state index in [0.29, 0.717) is 6.04 Å². The molecular weight excluding hydrogens is 222 g/mol. The van der Waals surface area contributed by atoms with Crippen LogP contribution in [-0.4, -0.2) is 15.6 Å². The normalized spacial score (nSPS) is 16.7. The summed E-state index contributed by atoms with van der Waals surface area (Å²) in [7, 11) is 0. The highest BCUT2D eigenvalue weighted by Gasteiger charge is 2.15. The molecular formula is C15H21N3. The second kappa shape index (κ2) is 5.11. The van der Waals surface area contributed by atoms with Crippen molar-refractivity contribution in [3.8, 4) is 0 Å². The van der Waals surface area contributed by atoms with E-state index >= 15 is 0 Å². The number of aryl methyl sites for hydroxylation is 1. The zero-order chi connectivity index (χ0) is 12.4. The molecule has 0 radical (unpaired) electrons. The highest BCUT2D eigenvalue weighted by Crippen LogP contribution is 2.19.